The molecule has 2 aromatic rings. The molecule has 3 rings (SSSR count). The molecule has 1 unspecified atom stereocenters. The monoisotopic (exact) mass is 332 g/mol. The Kier molecular flexibility index (Phi) is 4.32. The second kappa shape index (κ2) is 6.11. The van der Waals surface area contributed by atoms with Crippen LogP contribution in [0.25, 0.3) is 10.9 Å². The van der Waals surface area contributed by atoms with E-state index in [0.717, 1.165) is 18.6 Å². The molecule has 0 aliphatic carbocycles. The average Bonchev–Trinajstić information content (AvgIpc) is 3.08. The van der Waals surface area contributed by atoms with Crippen LogP contribution in [0, 0.1) is 0 Å². The number of carbonyl (C=O) groups is 1. The van der Waals surface area contributed by atoms with E-state index in [1.165, 1.54) is 21.4 Å². The highest BCUT2D eigenvalue weighted by atomic mass is 32.2. The van der Waals surface area contributed by atoms with Crippen molar-refractivity contribution in [3.05, 3.63) is 30.0 Å². The van der Waals surface area contributed by atoms with Crippen molar-refractivity contribution in [2.45, 2.75) is 57.2 Å². The maximum absolute atomic E-state index is 12.1. The molecule has 0 fully saturated rings. The molecule has 0 spiro atoms. The van der Waals surface area contributed by atoms with Crippen LogP contribution in [0.5, 0.6) is 0 Å². The highest BCUT2D eigenvalue weighted by molar-refractivity contribution is 7.99. The summed E-state index contributed by atoms with van der Waals surface area (Å²) in [5.41, 5.74) is 2.16. The standard InChI is InChI=1S/C18H24N2O2S/c1-5-15(19-17(21)22-18(2,3)4)20-10-8-12-6-7-14-13(16(12)20)9-11-23-14/h6-8,10,15H,5,9,11H2,1-4H3,(H,19,21). The number of fused-ring (bicyclic) bond motifs is 3. The number of aryl methyl sites for hydroxylation is 1. The molecule has 1 aliphatic rings. The SMILES string of the molecule is CCC(NC(=O)OC(C)(C)C)n1ccc2ccc3c(c21)CCS3. The third kappa shape index (κ3) is 3.34. The lowest BCUT2D eigenvalue weighted by atomic mass is 10.1. The van der Waals surface area contributed by atoms with Crippen LogP contribution in [0.4, 0.5) is 4.79 Å². The molecule has 1 aliphatic heterocycles. The van der Waals surface area contributed by atoms with E-state index in [9.17, 15) is 4.79 Å². The Hall–Kier alpha value is -1.62. The minimum atomic E-state index is -0.487. The summed E-state index contributed by atoms with van der Waals surface area (Å²) < 4.78 is 7.59. The van der Waals surface area contributed by atoms with Crippen molar-refractivity contribution in [1.29, 1.82) is 0 Å². The van der Waals surface area contributed by atoms with Crippen LogP contribution >= 0.6 is 11.8 Å². The number of hydrogen-bond acceptors (Lipinski definition) is 3. The van der Waals surface area contributed by atoms with Crippen LogP contribution in [-0.4, -0.2) is 22.0 Å². The Balaban J connectivity index is 1.92. The second-order valence-corrected chi connectivity index (χ2v) is 8.01. The molecule has 1 aromatic heterocycles. The van der Waals surface area contributed by atoms with Crippen molar-refractivity contribution in [2.75, 3.05) is 5.75 Å². The fourth-order valence-corrected chi connectivity index (χ4v) is 4.09. The quantitative estimate of drug-likeness (QED) is 0.884. The molecular formula is C18H24N2O2S. The number of hydrogen-bond donors (Lipinski definition) is 1. The Morgan fingerprint density at radius 3 is 2.87 bits per heavy atom. The van der Waals surface area contributed by atoms with E-state index in [2.05, 4.69) is 41.2 Å². The third-order valence-corrected chi connectivity index (χ3v) is 5.06. The normalized spacial score (nSPS) is 15.5. The molecule has 23 heavy (non-hydrogen) atoms. The zero-order valence-corrected chi connectivity index (χ0v) is 15.0. The predicted octanol–water partition coefficient (Wildman–Crippen LogP) is 4.72. The molecule has 0 radical (unpaired) electrons. The molecule has 124 valence electrons. The van der Waals surface area contributed by atoms with Gasteiger partial charge in [0, 0.05) is 16.8 Å². The first-order chi connectivity index (χ1) is 10.9. The molecule has 2 heterocycles. The van der Waals surface area contributed by atoms with Crippen molar-refractivity contribution in [2.24, 2.45) is 0 Å². The van der Waals surface area contributed by atoms with Crippen molar-refractivity contribution >= 4 is 28.8 Å². The Bertz CT molecular complexity index is 730. The van der Waals surface area contributed by atoms with Crippen molar-refractivity contribution in [1.82, 2.24) is 9.88 Å². The van der Waals surface area contributed by atoms with Gasteiger partial charge in [-0.1, -0.05) is 13.0 Å². The van der Waals surface area contributed by atoms with Crippen LogP contribution in [0.2, 0.25) is 0 Å². The number of benzene rings is 1. The summed E-state index contributed by atoms with van der Waals surface area (Å²) in [5.74, 6) is 1.13. The van der Waals surface area contributed by atoms with E-state index in [1.54, 1.807) is 0 Å². The van der Waals surface area contributed by atoms with Gasteiger partial charge in [0.25, 0.3) is 0 Å². The number of rotatable bonds is 3. The van der Waals surface area contributed by atoms with Crippen molar-refractivity contribution < 1.29 is 9.53 Å². The highest BCUT2D eigenvalue weighted by Crippen LogP contribution is 2.37. The van der Waals surface area contributed by atoms with Crippen LogP contribution < -0.4 is 5.32 Å². The van der Waals surface area contributed by atoms with Gasteiger partial charge in [-0.3, -0.25) is 0 Å². The van der Waals surface area contributed by atoms with Crippen LogP contribution in [0.3, 0.4) is 0 Å². The first kappa shape index (κ1) is 16.2. The number of alkyl carbamates (subject to hydrolysis) is 1. The summed E-state index contributed by atoms with van der Waals surface area (Å²) in [6, 6.07) is 6.50. The maximum atomic E-state index is 12.1. The number of amides is 1. The first-order valence-corrected chi connectivity index (χ1v) is 9.12. The number of carbonyl (C=O) groups excluding carboxylic acids is 1. The van der Waals surface area contributed by atoms with Crippen molar-refractivity contribution in [3.8, 4) is 0 Å². The lowest BCUT2D eigenvalue weighted by molar-refractivity contribution is 0.0481. The van der Waals surface area contributed by atoms with Gasteiger partial charge >= 0.3 is 6.09 Å². The molecule has 0 bridgehead atoms. The number of aromatic nitrogens is 1. The fraction of sp³-hybridized carbons (Fsp3) is 0.500. The predicted molar refractivity (Wildman–Crippen MR) is 95.1 cm³/mol. The van der Waals surface area contributed by atoms with Crippen LogP contribution in [0.15, 0.2) is 29.3 Å². The Morgan fingerprint density at radius 1 is 1.39 bits per heavy atom. The molecule has 1 N–H and O–H groups in total. The molecule has 0 saturated heterocycles. The zero-order chi connectivity index (χ0) is 16.6. The largest absolute Gasteiger partial charge is 0.444 e. The van der Waals surface area contributed by atoms with E-state index < -0.39 is 5.60 Å². The maximum Gasteiger partial charge on any atom is 0.409 e. The lowest BCUT2D eigenvalue weighted by Gasteiger charge is -2.25. The summed E-state index contributed by atoms with van der Waals surface area (Å²) in [7, 11) is 0. The molecule has 1 amide bonds. The van der Waals surface area contributed by atoms with Gasteiger partial charge in [-0.15, -0.1) is 11.8 Å². The highest BCUT2D eigenvalue weighted by Gasteiger charge is 2.23. The number of nitrogens with one attached hydrogen (secondary N) is 1. The average molecular weight is 332 g/mol. The van der Waals surface area contributed by atoms with E-state index in [0.29, 0.717) is 0 Å². The Morgan fingerprint density at radius 2 is 2.17 bits per heavy atom. The zero-order valence-electron chi connectivity index (χ0n) is 14.2. The van der Waals surface area contributed by atoms with Gasteiger partial charge < -0.3 is 14.6 Å². The van der Waals surface area contributed by atoms with Gasteiger partial charge in [0.2, 0.25) is 0 Å². The van der Waals surface area contributed by atoms with Gasteiger partial charge in [-0.05, 0) is 56.7 Å². The third-order valence-electron chi connectivity index (χ3n) is 3.96. The summed E-state index contributed by atoms with van der Waals surface area (Å²) in [6.45, 7) is 7.71. The summed E-state index contributed by atoms with van der Waals surface area (Å²) in [4.78, 5) is 13.5. The van der Waals surface area contributed by atoms with Crippen LogP contribution in [0.1, 0.15) is 45.8 Å². The summed E-state index contributed by atoms with van der Waals surface area (Å²) in [6.07, 6.45) is 3.50. The number of nitrogens with zero attached hydrogens (tertiary/aromatic N) is 1. The molecule has 4 nitrogen and oxygen atoms in total. The van der Waals surface area contributed by atoms with Gasteiger partial charge in [-0.2, -0.15) is 0 Å². The molecule has 1 aromatic carbocycles. The second-order valence-electron chi connectivity index (χ2n) is 6.87. The first-order valence-electron chi connectivity index (χ1n) is 8.14. The van der Waals surface area contributed by atoms with E-state index in [4.69, 9.17) is 4.74 Å². The summed E-state index contributed by atoms with van der Waals surface area (Å²) >= 11 is 1.91. The molecular weight excluding hydrogens is 308 g/mol. The topological polar surface area (TPSA) is 43.3 Å². The lowest BCUT2D eigenvalue weighted by Crippen LogP contribution is -2.36. The van der Waals surface area contributed by atoms with Gasteiger partial charge in [-0.25, -0.2) is 4.79 Å². The van der Waals surface area contributed by atoms with Gasteiger partial charge in [0.1, 0.15) is 11.8 Å². The van der Waals surface area contributed by atoms with Crippen molar-refractivity contribution in [3.63, 3.8) is 0 Å². The number of ether oxygens (including phenoxy) is 1. The Labute approximate surface area is 141 Å². The number of thioether (sulfide) groups is 1. The smallest absolute Gasteiger partial charge is 0.409 e. The molecule has 1 atom stereocenters. The molecule has 0 saturated carbocycles. The van der Waals surface area contributed by atoms with Gasteiger partial charge in [0.15, 0.2) is 0 Å². The van der Waals surface area contributed by atoms with E-state index >= 15 is 0 Å². The molecule has 5 heteroatoms. The van der Waals surface area contributed by atoms with Crippen LogP contribution in [-0.2, 0) is 11.2 Å². The van der Waals surface area contributed by atoms with Gasteiger partial charge in [0.05, 0.1) is 5.52 Å². The minimum Gasteiger partial charge on any atom is -0.444 e. The summed E-state index contributed by atoms with van der Waals surface area (Å²) in [5, 5.41) is 4.24. The van der Waals surface area contributed by atoms with E-state index in [-0.39, 0.29) is 12.3 Å². The fourth-order valence-electron chi connectivity index (χ4n) is 3.02. The minimum absolute atomic E-state index is 0.0977. The van der Waals surface area contributed by atoms with E-state index in [1.807, 2.05) is 32.5 Å².